The molecule has 2 unspecified atom stereocenters. The Morgan fingerprint density at radius 3 is 2.43 bits per heavy atom. The number of aliphatic carboxylic acids is 1. The molecule has 2 atom stereocenters. The van der Waals surface area contributed by atoms with Crippen molar-refractivity contribution in [2.45, 2.75) is 37.7 Å². The first kappa shape index (κ1) is 15.7. The van der Waals surface area contributed by atoms with E-state index in [-0.39, 0.29) is 13.0 Å². The first-order valence-electron chi connectivity index (χ1n) is 7.19. The van der Waals surface area contributed by atoms with Crippen LogP contribution in [0.5, 0.6) is 0 Å². The maximum Gasteiger partial charge on any atom is 0.309 e. The number of ketones is 1. The topological polar surface area (TPSA) is 94.8 Å². The second-order valence-corrected chi connectivity index (χ2v) is 5.56. The van der Waals surface area contributed by atoms with Crippen LogP contribution in [0.1, 0.15) is 41.6 Å². The van der Waals surface area contributed by atoms with Crippen molar-refractivity contribution in [2.24, 2.45) is 5.92 Å². The van der Waals surface area contributed by atoms with Crippen LogP contribution in [0.2, 0.25) is 0 Å². The average Bonchev–Trinajstić information content (AvgIpc) is 2.48. The average molecular weight is 292 g/mol. The zero-order chi connectivity index (χ0) is 15.5. The largest absolute Gasteiger partial charge is 0.481 e. The number of benzene rings is 1. The fourth-order valence-corrected chi connectivity index (χ4v) is 2.96. The lowest BCUT2D eigenvalue weighted by atomic mass is 9.71. The summed E-state index contributed by atoms with van der Waals surface area (Å²) in [6.45, 7) is 0.0261. The third-order valence-corrected chi connectivity index (χ3v) is 4.19. The Labute approximate surface area is 123 Å². The third kappa shape index (κ3) is 3.14. The number of carboxylic acids is 1. The summed E-state index contributed by atoms with van der Waals surface area (Å²) < 4.78 is 0. The smallest absolute Gasteiger partial charge is 0.309 e. The molecule has 2 rings (SSSR count). The van der Waals surface area contributed by atoms with Crippen molar-refractivity contribution in [3.63, 3.8) is 0 Å². The summed E-state index contributed by atoms with van der Waals surface area (Å²) >= 11 is 0. The van der Waals surface area contributed by atoms with E-state index in [1.54, 1.807) is 24.3 Å². The summed E-state index contributed by atoms with van der Waals surface area (Å²) in [5.41, 5.74) is -0.616. The predicted octanol–water partition coefficient (Wildman–Crippen LogP) is 1.41. The van der Waals surface area contributed by atoms with E-state index >= 15 is 0 Å². The number of carbonyl (C=O) groups excluding carboxylic acids is 1. The fourth-order valence-electron chi connectivity index (χ4n) is 2.96. The van der Waals surface area contributed by atoms with Crippen LogP contribution in [0.25, 0.3) is 0 Å². The van der Waals surface area contributed by atoms with Crippen LogP contribution < -0.4 is 0 Å². The second-order valence-electron chi connectivity index (χ2n) is 5.56. The molecule has 0 aromatic heterocycles. The second kappa shape index (κ2) is 6.37. The first-order chi connectivity index (χ1) is 9.99. The zero-order valence-electron chi connectivity index (χ0n) is 11.8. The van der Waals surface area contributed by atoms with E-state index in [1.807, 2.05) is 0 Å². The fraction of sp³-hybridized carbons (Fsp3) is 0.500. The molecule has 5 heteroatoms. The number of rotatable bonds is 5. The molecule has 1 saturated carbocycles. The van der Waals surface area contributed by atoms with Crippen LogP contribution in [-0.4, -0.2) is 39.3 Å². The van der Waals surface area contributed by atoms with Crippen molar-refractivity contribution in [3.8, 4) is 0 Å². The maximum absolute atomic E-state index is 12.5. The molecular formula is C16H20O5. The van der Waals surface area contributed by atoms with Crippen LogP contribution in [-0.2, 0) is 11.2 Å². The van der Waals surface area contributed by atoms with E-state index < -0.39 is 23.3 Å². The zero-order valence-corrected chi connectivity index (χ0v) is 11.8. The Kier molecular flexibility index (Phi) is 4.75. The van der Waals surface area contributed by atoms with Crippen molar-refractivity contribution in [1.82, 2.24) is 0 Å². The van der Waals surface area contributed by atoms with Crippen molar-refractivity contribution >= 4 is 11.8 Å². The summed E-state index contributed by atoms with van der Waals surface area (Å²) in [5.74, 6) is -2.69. The monoisotopic (exact) mass is 292 g/mol. The van der Waals surface area contributed by atoms with Gasteiger partial charge < -0.3 is 15.3 Å². The Hall–Kier alpha value is -1.72. The molecule has 21 heavy (non-hydrogen) atoms. The molecule has 0 saturated heterocycles. The van der Waals surface area contributed by atoms with Gasteiger partial charge in [0, 0.05) is 12.2 Å². The molecule has 1 fully saturated rings. The van der Waals surface area contributed by atoms with Gasteiger partial charge in [-0.2, -0.15) is 0 Å². The molecule has 1 aliphatic carbocycles. The van der Waals surface area contributed by atoms with Crippen molar-refractivity contribution < 1.29 is 24.9 Å². The molecular weight excluding hydrogens is 272 g/mol. The Balaban J connectivity index is 2.25. The minimum Gasteiger partial charge on any atom is -0.481 e. The van der Waals surface area contributed by atoms with Gasteiger partial charge in [0.05, 0.1) is 5.92 Å². The Bertz CT molecular complexity index is 522. The van der Waals surface area contributed by atoms with Crippen LogP contribution in [0.15, 0.2) is 24.3 Å². The molecule has 5 nitrogen and oxygen atoms in total. The number of aliphatic hydroxyl groups excluding tert-OH is 1. The van der Waals surface area contributed by atoms with Gasteiger partial charge in [-0.15, -0.1) is 0 Å². The van der Waals surface area contributed by atoms with E-state index in [4.69, 9.17) is 5.11 Å². The number of hydrogen-bond acceptors (Lipinski definition) is 4. The standard InChI is InChI=1S/C16H20O5/c17-10-8-11-4-6-12(7-5-11)14(18)16(21)9-2-1-3-13(16)15(19)20/h4-7,13,17,21H,1-3,8-10H2,(H,19,20). The van der Waals surface area contributed by atoms with E-state index in [0.717, 1.165) is 5.56 Å². The highest BCUT2D eigenvalue weighted by Crippen LogP contribution is 2.36. The Morgan fingerprint density at radius 2 is 1.86 bits per heavy atom. The molecule has 114 valence electrons. The minimum absolute atomic E-state index is 0.0261. The van der Waals surface area contributed by atoms with Gasteiger partial charge in [0.15, 0.2) is 5.78 Å². The number of Topliss-reactive ketones (excluding diaryl/α,β-unsaturated/α-hetero) is 1. The van der Waals surface area contributed by atoms with Crippen LogP contribution >= 0.6 is 0 Å². The summed E-state index contributed by atoms with van der Waals surface area (Å²) in [6.07, 6.45) is 2.36. The van der Waals surface area contributed by atoms with Crippen molar-refractivity contribution in [3.05, 3.63) is 35.4 Å². The predicted molar refractivity (Wildman–Crippen MR) is 76.1 cm³/mol. The highest BCUT2D eigenvalue weighted by atomic mass is 16.4. The number of carbonyl (C=O) groups is 2. The van der Waals surface area contributed by atoms with Gasteiger partial charge in [-0.1, -0.05) is 37.1 Å². The lowest BCUT2D eigenvalue weighted by Crippen LogP contribution is -2.51. The molecule has 0 amide bonds. The first-order valence-corrected chi connectivity index (χ1v) is 7.19. The summed E-state index contributed by atoms with van der Waals surface area (Å²) in [7, 11) is 0. The molecule has 1 aromatic carbocycles. The third-order valence-electron chi connectivity index (χ3n) is 4.19. The normalized spacial score (nSPS) is 25.5. The van der Waals surface area contributed by atoms with E-state index in [2.05, 4.69) is 0 Å². The van der Waals surface area contributed by atoms with Gasteiger partial charge in [0.25, 0.3) is 0 Å². The van der Waals surface area contributed by atoms with E-state index in [1.165, 1.54) is 0 Å². The highest BCUT2D eigenvalue weighted by molar-refractivity contribution is 6.04. The SMILES string of the molecule is O=C(O)C1CCCCC1(O)C(=O)c1ccc(CCO)cc1. The van der Waals surface area contributed by atoms with E-state index in [0.29, 0.717) is 31.2 Å². The quantitative estimate of drug-likeness (QED) is 0.713. The van der Waals surface area contributed by atoms with Crippen molar-refractivity contribution in [2.75, 3.05) is 6.61 Å². The number of aliphatic hydroxyl groups is 2. The molecule has 0 spiro atoms. The Morgan fingerprint density at radius 1 is 1.19 bits per heavy atom. The molecule has 3 N–H and O–H groups in total. The summed E-state index contributed by atoms with van der Waals surface area (Å²) in [5, 5.41) is 28.7. The van der Waals surface area contributed by atoms with Gasteiger partial charge in [-0.25, -0.2) is 0 Å². The summed E-state index contributed by atoms with van der Waals surface area (Å²) in [6, 6.07) is 6.59. The van der Waals surface area contributed by atoms with Gasteiger partial charge in [-0.05, 0) is 24.8 Å². The van der Waals surface area contributed by atoms with Crippen LogP contribution in [0, 0.1) is 5.92 Å². The van der Waals surface area contributed by atoms with Crippen LogP contribution in [0.3, 0.4) is 0 Å². The van der Waals surface area contributed by atoms with Gasteiger partial charge in [0.1, 0.15) is 5.60 Å². The molecule has 0 heterocycles. The molecule has 1 aliphatic rings. The van der Waals surface area contributed by atoms with E-state index in [9.17, 15) is 19.8 Å². The number of hydrogen-bond donors (Lipinski definition) is 3. The molecule has 0 radical (unpaired) electrons. The lowest BCUT2D eigenvalue weighted by Gasteiger charge is -2.36. The summed E-state index contributed by atoms with van der Waals surface area (Å²) in [4.78, 5) is 23.8. The molecule has 0 bridgehead atoms. The van der Waals surface area contributed by atoms with Gasteiger partial charge in [-0.3, -0.25) is 9.59 Å². The van der Waals surface area contributed by atoms with Gasteiger partial charge >= 0.3 is 5.97 Å². The molecule has 1 aromatic rings. The van der Waals surface area contributed by atoms with Crippen LogP contribution in [0.4, 0.5) is 0 Å². The maximum atomic E-state index is 12.5. The van der Waals surface area contributed by atoms with Gasteiger partial charge in [0.2, 0.25) is 0 Å². The lowest BCUT2D eigenvalue weighted by molar-refractivity contribution is -0.151. The van der Waals surface area contributed by atoms with Crippen molar-refractivity contribution in [1.29, 1.82) is 0 Å². The minimum atomic E-state index is -1.82. The number of carboxylic acid groups (broad SMARTS) is 1. The molecule has 0 aliphatic heterocycles. The highest BCUT2D eigenvalue weighted by Gasteiger charge is 2.49.